The van der Waals surface area contributed by atoms with E-state index in [1.807, 2.05) is 0 Å². The molecule has 0 spiro atoms. The Labute approximate surface area is 78.4 Å². The van der Waals surface area contributed by atoms with Gasteiger partial charge in [0.15, 0.2) is 5.82 Å². The molecule has 0 fully saturated rings. The molecule has 78 valence electrons. The molecule has 3 N–H and O–H groups in total. The van der Waals surface area contributed by atoms with Gasteiger partial charge in [0.05, 0.1) is 24.1 Å². The highest BCUT2D eigenvalue weighted by molar-refractivity contribution is 5.31. The minimum Gasteiger partial charge on any atom is -0.390 e. The van der Waals surface area contributed by atoms with Gasteiger partial charge < -0.3 is 10.8 Å². The van der Waals surface area contributed by atoms with Crippen molar-refractivity contribution in [1.29, 1.82) is 0 Å². The fourth-order valence-corrected chi connectivity index (χ4v) is 1.18. The van der Waals surface area contributed by atoms with Crippen molar-refractivity contribution in [1.82, 2.24) is 4.98 Å². The van der Waals surface area contributed by atoms with Gasteiger partial charge >= 0.3 is 0 Å². The summed E-state index contributed by atoms with van der Waals surface area (Å²) >= 11 is 0. The summed E-state index contributed by atoms with van der Waals surface area (Å²) in [5, 5.41) is 8.76. The van der Waals surface area contributed by atoms with Gasteiger partial charge in [-0.2, -0.15) is 0 Å². The van der Waals surface area contributed by atoms with Crippen LogP contribution in [0.15, 0.2) is 6.20 Å². The predicted molar refractivity (Wildman–Crippen MR) is 43.0 cm³/mol. The highest BCUT2D eigenvalue weighted by Gasteiger charge is 2.20. The van der Waals surface area contributed by atoms with Crippen molar-refractivity contribution in [2.45, 2.75) is 19.6 Å². The van der Waals surface area contributed by atoms with Crippen LogP contribution >= 0.6 is 0 Å². The molecule has 3 nitrogen and oxygen atoms in total. The van der Waals surface area contributed by atoms with Crippen molar-refractivity contribution >= 4 is 0 Å². The van der Waals surface area contributed by atoms with Crippen LogP contribution in [0, 0.1) is 5.82 Å². The number of aromatic nitrogens is 1. The number of rotatable bonds is 3. The first-order valence-electron chi connectivity index (χ1n) is 3.87. The van der Waals surface area contributed by atoms with Crippen molar-refractivity contribution < 1.29 is 18.3 Å². The van der Waals surface area contributed by atoms with E-state index in [0.29, 0.717) is 6.20 Å². The molecule has 0 aliphatic heterocycles. The van der Waals surface area contributed by atoms with Crippen molar-refractivity contribution in [2.24, 2.45) is 5.73 Å². The lowest BCUT2D eigenvalue weighted by Gasteiger charge is -2.10. The van der Waals surface area contributed by atoms with E-state index in [-0.39, 0.29) is 17.8 Å². The van der Waals surface area contributed by atoms with Crippen LogP contribution in [0.4, 0.5) is 13.2 Å². The van der Waals surface area contributed by atoms with Crippen LogP contribution in [0.2, 0.25) is 0 Å². The summed E-state index contributed by atoms with van der Waals surface area (Å²) in [5.41, 5.74) is 4.28. The Kier molecular flexibility index (Phi) is 3.43. The number of nitrogens with zero attached hydrogens (tertiary/aromatic N) is 1. The lowest BCUT2D eigenvalue weighted by Crippen LogP contribution is -2.10. The van der Waals surface area contributed by atoms with E-state index in [1.54, 1.807) is 0 Å². The maximum atomic E-state index is 12.9. The quantitative estimate of drug-likeness (QED) is 0.778. The summed E-state index contributed by atoms with van der Waals surface area (Å²) in [7, 11) is 0. The SMILES string of the molecule is NCc1c(CO)ncc(F)c1C(F)F. The van der Waals surface area contributed by atoms with Gasteiger partial charge in [0, 0.05) is 12.1 Å². The molecule has 1 heterocycles. The molecule has 1 aromatic heterocycles. The Morgan fingerprint density at radius 2 is 2.14 bits per heavy atom. The summed E-state index contributed by atoms with van der Waals surface area (Å²) < 4.78 is 37.7. The summed E-state index contributed by atoms with van der Waals surface area (Å²) in [6, 6.07) is 0. The van der Waals surface area contributed by atoms with Gasteiger partial charge in [-0.05, 0) is 0 Å². The molecule has 0 aliphatic carbocycles. The summed E-state index contributed by atoms with van der Waals surface area (Å²) in [4.78, 5) is 3.47. The van der Waals surface area contributed by atoms with Crippen molar-refractivity contribution in [3.8, 4) is 0 Å². The number of pyridine rings is 1. The molecule has 0 aromatic carbocycles. The molecular weight excluding hydrogens is 197 g/mol. The number of hydrogen-bond acceptors (Lipinski definition) is 3. The first-order chi connectivity index (χ1) is 6.61. The number of halogens is 3. The van der Waals surface area contributed by atoms with E-state index in [2.05, 4.69) is 4.98 Å². The van der Waals surface area contributed by atoms with Gasteiger partial charge in [0.2, 0.25) is 0 Å². The van der Waals surface area contributed by atoms with Gasteiger partial charge in [-0.3, -0.25) is 4.98 Å². The smallest absolute Gasteiger partial charge is 0.267 e. The molecule has 14 heavy (non-hydrogen) atoms. The second-order valence-electron chi connectivity index (χ2n) is 2.61. The topological polar surface area (TPSA) is 59.1 Å². The zero-order valence-corrected chi connectivity index (χ0v) is 7.17. The van der Waals surface area contributed by atoms with E-state index in [9.17, 15) is 13.2 Å². The standard InChI is InChI=1S/C8H9F3N2O/c9-5-2-13-6(3-14)4(1-12)7(5)8(10)11/h2,8,14H,1,3,12H2. The largest absolute Gasteiger partial charge is 0.390 e. The first-order valence-corrected chi connectivity index (χ1v) is 3.87. The molecule has 0 bridgehead atoms. The highest BCUT2D eigenvalue weighted by Crippen LogP contribution is 2.26. The maximum absolute atomic E-state index is 12.9. The van der Waals surface area contributed by atoms with Crippen LogP contribution in [0.5, 0.6) is 0 Å². The van der Waals surface area contributed by atoms with E-state index in [0.717, 1.165) is 0 Å². The number of aliphatic hydroxyl groups is 1. The van der Waals surface area contributed by atoms with Crippen molar-refractivity contribution in [2.75, 3.05) is 0 Å². The van der Waals surface area contributed by atoms with Gasteiger partial charge in [-0.15, -0.1) is 0 Å². The third kappa shape index (κ3) is 1.85. The van der Waals surface area contributed by atoms with Gasteiger partial charge in [-0.1, -0.05) is 0 Å². The third-order valence-corrected chi connectivity index (χ3v) is 1.84. The molecule has 0 amide bonds. The van der Waals surface area contributed by atoms with Crippen molar-refractivity contribution in [3.63, 3.8) is 0 Å². The average Bonchev–Trinajstić information content (AvgIpc) is 2.16. The Morgan fingerprint density at radius 1 is 1.50 bits per heavy atom. The maximum Gasteiger partial charge on any atom is 0.267 e. The molecule has 0 saturated heterocycles. The second kappa shape index (κ2) is 4.39. The first kappa shape index (κ1) is 10.9. The van der Waals surface area contributed by atoms with Gasteiger partial charge in [0.25, 0.3) is 6.43 Å². The monoisotopic (exact) mass is 206 g/mol. The summed E-state index contributed by atoms with van der Waals surface area (Å²) in [6.07, 6.45) is -2.30. The number of alkyl halides is 2. The van der Waals surface area contributed by atoms with E-state index >= 15 is 0 Å². The Hall–Kier alpha value is -1.14. The number of aliphatic hydroxyl groups excluding tert-OH is 1. The number of hydrogen-bond donors (Lipinski definition) is 2. The molecule has 1 rings (SSSR count). The lowest BCUT2D eigenvalue weighted by molar-refractivity contribution is 0.144. The molecule has 0 unspecified atom stereocenters. The molecule has 1 aromatic rings. The minimum atomic E-state index is -2.96. The summed E-state index contributed by atoms with van der Waals surface area (Å²) in [5.74, 6) is -1.10. The molecule has 0 radical (unpaired) electrons. The average molecular weight is 206 g/mol. The van der Waals surface area contributed by atoms with Gasteiger partial charge in [-0.25, -0.2) is 13.2 Å². The highest BCUT2D eigenvalue weighted by atomic mass is 19.3. The zero-order valence-electron chi connectivity index (χ0n) is 7.17. The fourth-order valence-electron chi connectivity index (χ4n) is 1.18. The van der Waals surface area contributed by atoms with Crippen LogP contribution in [0.25, 0.3) is 0 Å². The molecule has 0 atom stereocenters. The predicted octanol–water partition coefficient (Wildman–Crippen LogP) is 1.11. The molecular formula is C8H9F3N2O. The van der Waals surface area contributed by atoms with Crippen LogP contribution in [0.1, 0.15) is 23.2 Å². The minimum absolute atomic E-state index is 0.01000. The third-order valence-electron chi connectivity index (χ3n) is 1.84. The van der Waals surface area contributed by atoms with Crippen molar-refractivity contribution in [3.05, 3.63) is 28.8 Å². The van der Waals surface area contributed by atoms with E-state index in [1.165, 1.54) is 0 Å². The Bertz CT molecular complexity index is 331. The van der Waals surface area contributed by atoms with E-state index in [4.69, 9.17) is 10.8 Å². The summed E-state index contributed by atoms with van der Waals surface area (Å²) in [6.45, 7) is -0.813. The fraction of sp³-hybridized carbons (Fsp3) is 0.375. The molecule has 6 heteroatoms. The Morgan fingerprint density at radius 3 is 2.57 bits per heavy atom. The van der Waals surface area contributed by atoms with Gasteiger partial charge in [0.1, 0.15) is 0 Å². The number of nitrogens with two attached hydrogens (primary N) is 1. The Balaban J connectivity index is 3.35. The molecule has 0 saturated carbocycles. The van der Waals surface area contributed by atoms with Crippen LogP contribution in [-0.4, -0.2) is 10.1 Å². The van der Waals surface area contributed by atoms with Crippen LogP contribution in [0.3, 0.4) is 0 Å². The van der Waals surface area contributed by atoms with Crippen LogP contribution in [-0.2, 0) is 13.2 Å². The van der Waals surface area contributed by atoms with Crippen LogP contribution < -0.4 is 5.73 Å². The second-order valence-corrected chi connectivity index (χ2v) is 2.61. The van der Waals surface area contributed by atoms with E-state index < -0.39 is 24.4 Å². The normalized spacial score (nSPS) is 11.0. The zero-order chi connectivity index (χ0) is 10.7. The lowest BCUT2D eigenvalue weighted by atomic mass is 10.1. The molecule has 0 aliphatic rings.